The molecule has 2 aliphatic rings. The number of likely N-dealkylation sites (N-methyl/N-ethyl adjacent to an activating group) is 1. The van der Waals surface area contributed by atoms with E-state index in [1.807, 2.05) is 7.05 Å². The maximum atomic E-state index is 13.7. The van der Waals surface area contributed by atoms with Gasteiger partial charge < -0.3 is 19.0 Å². The molecule has 2 aliphatic heterocycles. The zero-order chi connectivity index (χ0) is 33.6. The van der Waals surface area contributed by atoms with Gasteiger partial charge in [0.05, 0.1) is 63.1 Å². The van der Waals surface area contributed by atoms with Crippen LogP contribution in [-0.4, -0.2) is 95.5 Å². The van der Waals surface area contributed by atoms with Crippen LogP contribution in [0.15, 0.2) is 58.5 Å². The van der Waals surface area contributed by atoms with Crippen molar-refractivity contribution in [3.8, 4) is 6.07 Å². The third kappa shape index (κ3) is 5.83. The zero-order valence-electron chi connectivity index (χ0n) is 26.1. The summed E-state index contributed by atoms with van der Waals surface area (Å²) in [6.45, 7) is 4.19. The van der Waals surface area contributed by atoms with Crippen LogP contribution < -0.4 is 10.6 Å². The molecule has 1 atom stereocenters. The monoisotopic (exact) mass is 639 g/mol. The van der Waals surface area contributed by atoms with E-state index in [4.69, 9.17) is 4.74 Å². The number of alkyl halides is 3. The summed E-state index contributed by atoms with van der Waals surface area (Å²) in [5, 5.41) is 16.3. The summed E-state index contributed by atoms with van der Waals surface area (Å²) in [6, 6.07) is 10.5. The highest BCUT2D eigenvalue weighted by Crippen LogP contribution is 2.44. The first-order chi connectivity index (χ1) is 21.7. The second kappa shape index (κ2) is 12.0. The van der Waals surface area contributed by atoms with Crippen LogP contribution in [0.25, 0.3) is 0 Å². The maximum Gasteiger partial charge on any atom is 0.416 e. The number of amides is 2. The van der Waals surface area contributed by atoms with Gasteiger partial charge in [-0.2, -0.15) is 18.4 Å². The number of H-pyrrole nitrogens is 1. The molecule has 5 rings (SSSR count). The molecule has 3 heterocycles. The molecule has 1 saturated heterocycles. The molecule has 12 nitrogen and oxygen atoms in total. The number of hydrogen-bond donors (Lipinski definition) is 1. The Morgan fingerprint density at radius 3 is 2.48 bits per heavy atom. The van der Waals surface area contributed by atoms with E-state index in [0.29, 0.717) is 53.9 Å². The number of allylic oxidation sites excluding steroid dienone is 1. The number of nitriles is 1. The molecule has 0 spiro atoms. The van der Waals surface area contributed by atoms with Crippen molar-refractivity contribution in [3.63, 3.8) is 0 Å². The third-order valence-electron chi connectivity index (χ3n) is 8.57. The number of aromatic amines is 1. The number of quaternary nitrogens is 1. The van der Waals surface area contributed by atoms with E-state index in [0.717, 1.165) is 12.1 Å². The lowest BCUT2D eigenvalue weighted by Crippen LogP contribution is -2.59. The van der Waals surface area contributed by atoms with Crippen molar-refractivity contribution < 1.29 is 32.0 Å². The van der Waals surface area contributed by atoms with E-state index >= 15 is 0 Å². The van der Waals surface area contributed by atoms with Crippen LogP contribution >= 0.6 is 0 Å². The second-order valence-electron chi connectivity index (χ2n) is 11.9. The Kier molecular flexibility index (Phi) is 8.43. The first-order valence-electron chi connectivity index (χ1n) is 14.4. The normalized spacial score (nSPS) is 17.8. The number of esters is 1. The first-order valence-corrected chi connectivity index (χ1v) is 14.4. The van der Waals surface area contributed by atoms with Crippen molar-refractivity contribution >= 4 is 23.6 Å². The third-order valence-corrected chi connectivity index (χ3v) is 8.57. The lowest BCUT2D eigenvalue weighted by Gasteiger charge is -2.43. The van der Waals surface area contributed by atoms with Crippen LogP contribution in [0.3, 0.4) is 0 Å². The molecule has 0 radical (unpaired) electrons. The number of fused-ring (bicyclic) bond motifs is 1. The van der Waals surface area contributed by atoms with Gasteiger partial charge in [0.1, 0.15) is 12.6 Å². The quantitative estimate of drug-likeness (QED) is 0.334. The van der Waals surface area contributed by atoms with Gasteiger partial charge >= 0.3 is 23.9 Å². The molecule has 2 aromatic carbocycles. The summed E-state index contributed by atoms with van der Waals surface area (Å²) in [5.41, 5.74) is 0.238. The summed E-state index contributed by atoms with van der Waals surface area (Å²) in [6.07, 6.45) is -4.63. The predicted octanol–water partition coefficient (Wildman–Crippen LogP) is 3.59. The topological polar surface area (TPSA) is 128 Å². The zero-order valence-corrected chi connectivity index (χ0v) is 26.1. The van der Waals surface area contributed by atoms with E-state index in [1.54, 1.807) is 44.1 Å². The lowest BCUT2D eigenvalue weighted by molar-refractivity contribution is -0.926. The van der Waals surface area contributed by atoms with Crippen LogP contribution in [0.5, 0.6) is 0 Å². The number of urea groups is 1. The molecule has 2 amide bonds. The number of nitrogens with one attached hydrogen (secondary N) is 1. The summed E-state index contributed by atoms with van der Waals surface area (Å²) < 4.78 is 47.9. The van der Waals surface area contributed by atoms with E-state index in [2.05, 4.69) is 16.3 Å². The van der Waals surface area contributed by atoms with Gasteiger partial charge in [-0.1, -0.05) is 12.1 Å². The van der Waals surface area contributed by atoms with Crippen molar-refractivity contribution in [2.75, 3.05) is 59.3 Å². The fourth-order valence-electron chi connectivity index (χ4n) is 6.15. The van der Waals surface area contributed by atoms with E-state index in [9.17, 15) is 32.8 Å². The van der Waals surface area contributed by atoms with Gasteiger partial charge in [0.15, 0.2) is 0 Å². The summed E-state index contributed by atoms with van der Waals surface area (Å²) >= 11 is 0. The number of hydrogen-bond acceptors (Lipinski definition) is 7. The Morgan fingerprint density at radius 2 is 1.87 bits per heavy atom. The van der Waals surface area contributed by atoms with Crippen molar-refractivity contribution in [2.45, 2.75) is 25.7 Å². The second-order valence-corrected chi connectivity index (χ2v) is 11.9. The van der Waals surface area contributed by atoms with Crippen LogP contribution in [0.4, 0.5) is 29.6 Å². The number of aromatic nitrogens is 3. The van der Waals surface area contributed by atoms with Gasteiger partial charge in [-0.15, -0.1) is 5.10 Å². The average Bonchev–Trinajstić information content (AvgIpc) is 3.40. The minimum absolute atomic E-state index is 0.0194. The number of methoxy groups -OCH3 is 1. The van der Waals surface area contributed by atoms with Gasteiger partial charge in [-0.05, 0) is 42.8 Å². The molecule has 0 unspecified atom stereocenters. The highest BCUT2D eigenvalue weighted by molar-refractivity contribution is 5.93. The predicted molar refractivity (Wildman–Crippen MR) is 161 cm³/mol. The van der Waals surface area contributed by atoms with Crippen LogP contribution in [0.1, 0.15) is 35.2 Å². The molecule has 15 heteroatoms. The number of piperazine rings is 1. The fraction of sp³-hybridized carbons (Fsp3) is 0.387. The van der Waals surface area contributed by atoms with E-state index in [-0.39, 0.29) is 28.9 Å². The van der Waals surface area contributed by atoms with Crippen molar-refractivity contribution in [1.82, 2.24) is 24.6 Å². The number of ether oxygens (including phenoxy) is 1. The molecule has 1 N–H and O–H groups in total. The maximum absolute atomic E-state index is 13.7. The molecular weight excluding hydrogens is 605 g/mol. The van der Waals surface area contributed by atoms with Gasteiger partial charge in [0, 0.05) is 31.0 Å². The number of anilines is 2. The van der Waals surface area contributed by atoms with E-state index in [1.165, 1.54) is 33.6 Å². The number of rotatable bonds is 5. The molecule has 46 heavy (non-hydrogen) atoms. The summed E-state index contributed by atoms with van der Waals surface area (Å²) in [5.74, 6) is -0.810. The largest absolute Gasteiger partial charge is 0.466 e. The van der Waals surface area contributed by atoms with Gasteiger partial charge in [-0.3, -0.25) is 4.90 Å². The lowest BCUT2D eigenvalue weighted by atomic mass is 9.89. The SMILES string of the molecule is COC(=O)C1=C(C)N(c2cccc(C(F)(F)F)c2)c2n[nH]c(=O)n2[C@@H]1c1ccc(C#N)cc1C[N+]1(C)CCN(C(=O)N(C)C)CC1. The molecule has 0 aliphatic carbocycles. The molecule has 1 fully saturated rings. The highest BCUT2D eigenvalue weighted by Gasteiger charge is 2.42. The van der Waals surface area contributed by atoms with Crippen LogP contribution in [-0.2, 0) is 22.3 Å². The Morgan fingerprint density at radius 1 is 1.17 bits per heavy atom. The molecule has 0 saturated carbocycles. The number of nitrogens with zero attached hydrogens (tertiary/aromatic N) is 7. The smallest absolute Gasteiger partial charge is 0.416 e. The Balaban J connectivity index is 1.65. The molecule has 242 valence electrons. The highest BCUT2D eigenvalue weighted by atomic mass is 19.4. The molecule has 3 aromatic rings. The number of carbonyl (C=O) groups excluding carboxylic acids is 2. The van der Waals surface area contributed by atoms with E-state index < -0.39 is 29.4 Å². The Bertz CT molecular complexity index is 1810. The molecular formula is C31H34F3N8O4+. The summed E-state index contributed by atoms with van der Waals surface area (Å²) in [7, 11) is 6.61. The minimum Gasteiger partial charge on any atom is -0.466 e. The standard InChI is InChI=1S/C31H33F3N8O4/c1-19-25(27(43)46-5)26(41-28(36-37-29(41)44)40(19)23-8-6-7-22(16-23)31(32,33)34)24-10-9-20(17-35)15-21(24)18-42(4)13-11-39(12-14-42)30(45)38(2)3/h6-10,15-16,26H,11-14,18H2,1-5H3/p+1/t26-/m1/s1. The fourth-order valence-corrected chi connectivity index (χ4v) is 6.15. The number of benzene rings is 2. The van der Waals surface area contributed by atoms with Gasteiger partial charge in [0.25, 0.3) is 0 Å². The average molecular weight is 640 g/mol. The first kappa shape index (κ1) is 32.3. The summed E-state index contributed by atoms with van der Waals surface area (Å²) in [4.78, 5) is 44.1. The van der Waals surface area contributed by atoms with Crippen LogP contribution in [0.2, 0.25) is 0 Å². The molecule has 1 aromatic heterocycles. The van der Waals surface area contributed by atoms with Crippen molar-refractivity contribution in [3.05, 3.63) is 86.5 Å². The molecule has 0 bridgehead atoms. The number of carbonyl (C=O) groups is 2. The van der Waals surface area contributed by atoms with Gasteiger partial charge in [-0.25, -0.2) is 24.0 Å². The number of halogens is 3. The van der Waals surface area contributed by atoms with Gasteiger partial charge in [0.2, 0.25) is 5.95 Å². The van der Waals surface area contributed by atoms with Crippen molar-refractivity contribution in [2.24, 2.45) is 0 Å². The Hall–Kier alpha value is -5.10. The van der Waals surface area contributed by atoms with Crippen LogP contribution in [0, 0.1) is 11.3 Å². The Labute approximate surface area is 263 Å². The minimum atomic E-state index is -4.63. The van der Waals surface area contributed by atoms with Crippen molar-refractivity contribution in [1.29, 1.82) is 5.26 Å².